The monoisotopic (exact) mass is 732 g/mol. The Balaban J connectivity index is 1.08. The summed E-state index contributed by atoms with van der Waals surface area (Å²) in [4.78, 5) is 29.3. The molecule has 2 amide bonds. The Labute approximate surface area is 295 Å². The number of carbonyl (C=O) groups excluding carboxylic acids is 2. The third-order valence-electron chi connectivity index (χ3n) is 10.3. The maximum absolute atomic E-state index is 14.1. The van der Waals surface area contributed by atoms with Crippen molar-refractivity contribution in [1.29, 1.82) is 0 Å². The minimum atomic E-state index is -4.94. The van der Waals surface area contributed by atoms with Gasteiger partial charge in [0.2, 0.25) is 11.8 Å². The SMILES string of the molecule is C[C@]1(C(=O)N[C@@H]2C[C@H](C3CCC(C(=O)N(CCO)Cc4ccccc4)CC3)Oc3cc(OC(F)(F)F)ccc32)COc2cc3c(cc21)OC(F)(F)O3. The molecule has 0 radical (unpaired) electrons. The molecule has 52 heavy (non-hydrogen) atoms. The van der Waals surface area contributed by atoms with E-state index in [4.69, 9.17) is 9.47 Å². The summed E-state index contributed by atoms with van der Waals surface area (Å²) in [5.74, 6) is -1.55. The van der Waals surface area contributed by atoms with Crippen LogP contribution in [0.5, 0.6) is 28.7 Å². The van der Waals surface area contributed by atoms with Gasteiger partial charge in [0.05, 0.1) is 12.6 Å². The van der Waals surface area contributed by atoms with Crippen LogP contribution >= 0.6 is 0 Å². The Morgan fingerprint density at radius 1 is 0.962 bits per heavy atom. The molecule has 0 bridgehead atoms. The van der Waals surface area contributed by atoms with E-state index in [2.05, 4.69) is 19.5 Å². The Morgan fingerprint density at radius 2 is 1.67 bits per heavy atom. The van der Waals surface area contributed by atoms with E-state index in [1.54, 1.807) is 11.8 Å². The molecule has 1 aliphatic carbocycles. The number of aliphatic hydroxyl groups is 1. The summed E-state index contributed by atoms with van der Waals surface area (Å²) in [6.45, 7) is 1.89. The van der Waals surface area contributed by atoms with E-state index >= 15 is 0 Å². The summed E-state index contributed by atoms with van der Waals surface area (Å²) < 4.78 is 92.3. The van der Waals surface area contributed by atoms with Crippen molar-refractivity contribution in [1.82, 2.24) is 10.2 Å². The van der Waals surface area contributed by atoms with Crippen LogP contribution in [-0.4, -0.2) is 60.3 Å². The molecular formula is C37H37F5N2O8. The van der Waals surface area contributed by atoms with Crippen molar-refractivity contribution in [2.75, 3.05) is 19.8 Å². The molecule has 0 unspecified atom stereocenters. The largest absolute Gasteiger partial charge is 0.586 e. The lowest BCUT2D eigenvalue weighted by atomic mass is 9.76. The van der Waals surface area contributed by atoms with E-state index < -0.39 is 41.9 Å². The van der Waals surface area contributed by atoms with Crippen molar-refractivity contribution in [2.45, 2.75) is 75.8 Å². The highest BCUT2D eigenvalue weighted by Gasteiger charge is 2.50. The van der Waals surface area contributed by atoms with E-state index in [0.717, 1.165) is 17.7 Å². The molecule has 3 aromatic rings. The van der Waals surface area contributed by atoms with Crippen LogP contribution in [-0.2, 0) is 21.5 Å². The highest BCUT2D eigenvalue weighted by atomic mass is 19.4. The zero-order valence-electron chi connectivity index (χ0n) is 28.1. The molecule has 0 spiro atoms. The molecule has 0 aromatic heterocycles. The van der Waals surface area contributed by atoms with Crippen molar-refractivity contribution in [3.8, 4) is 28.7 Å². The third-order valence-corrected chi connectivity index (χ3v) is 10.3. The van der Waals surface area contributed by atoms with E-state index in [9.17, 15) is 36.6 Å². The lowest BCUT2D eigenvalue weighted by molar-refractivity contribution is -0.286. The summed E-state index contributed by atoms with van der Waals surface area (Å²) in [7, 11) is 0. The maximum Gasteiger partial charge on any atom is 0.586 e. The first-order chi connectivity index (χ1) is 24.7. The molecule has 7 rings (SSSR count). The zero-order chi connectivity index (χ0) is 36.8. The molecule has 1 saturated carbocycles. The van der Waals surface area contributed by atoms with Crippen LogP contribution in [0.25, 0.3) is 0 Å². The van der Waals surface area contributed by atoms with Gasteiger partial charge in [0.25, 0.3) is 0 Å². The number of fused-ring (bicyclic) bond motifs is 3. The first kappa shape index (κ1) is 35.6. The minimum absolute atomic E-state index is 0.0519. The van der Waals surface area contributed by atoms with Crippen molar-refractivity contribution >= 4 is 11.8 Å². The summed E-state index contributed by atoms with van der Waals surface area (Å²) in [5, 5.41) is 12.7. The van der Waals surface area contributed by atoms with E-state index in [0.29, 0.717) is 43.4 Å². The molecule has 3 heterocycles. The first-order valence-corrected chi connectivity index (χ1v) is 17.1. The molecule has 4 aliphatic rings. The van der Waals surface area contributed by atoms with Gasteiger partial charge in [-0.2, -0.15) is 0 Å². The van der Waals surface area contributed by atoms with Crippen LogP contribution in [0.2, 0.25) is 0 Å². The van der Waals surface area contributed by atoms with Gasteiger partial charge < -0.3 is 39.0 Å². The van der Waals surface area contributed by atoms with Crippen LogP contribution in [0.4, 0.5) is 22.0 Å². The van der Waals surface area contributed by atoms with Gasteiger partial charge in [-0.05, 0) is 62.3 Å². The van der Waals surface area contributed by atoms with Gasteiger partial charge in [0.1, 0.15) is 35.4 Å². The standard InChI is InChI=1S/C37H37F5N2O8/c1-35(20-48-30-18-32-31(16-26(30)35)51-37(41,42)52-32)34(47)43-27-17-28(49-29-15-24(11-12-25(27)29)50-36(38,39)40)22-7-9-23(10-8-22)33(46)44(13-14-45)19-21-5-3-2-4-6-21/h2-6,11-12,15-16,18,22-23,27-28,45H,7-10,13-14,17,19-20H2,1H3,(H,43,47)/t22?,23?,27-,28-,35+/m1/s1. The van der Waals surface area contributed by atoms with Gasteiger partial charge >= 0.3 is 12.7 Å². The third kappa shape index (κ3) is 7.28. The van der Waals surface area contributed by atoms with Crippen molar-refractivity contribution in [3.05, 3.63) is 77.4 Å². The summed E-state index contributed by atoms with van der Waals surface area (Å²) in [6.07, 6.45) is -6.78. The number of hydrogen-bond donors (Lipinski definition) is 2. The normalized spacial score (nSPS) is 25.6. The van der Waals surface area contributed by atoms with Gasteiger partial charge in [-0.15, -0.1) is 22.0 Å². The average molecular weight is 733 g/mol. The quantitative estimate of drug-likeness (QED) is 0.243. The van der Waals surface area contributed by atoms with E-state index in [1.165, 1.54) is 18.2 Å². The van der Waals surface area contributed by atoms with Gasteiger partial charge in [-0.25, -0.2) is 0 Å². The minimum Gasteiger partial charge on any atom is -0.492 e. The summed E-state index contributed by atoms with van der Waals surface area (Å²) >= 11 is 0. The smallest absolute Gasteiger partial charge is 0.492 e. The molecule has 15 heteroatoms. The van der Waals surface area contributed by atoms with E-state index in [1.807, 2.05) is 30.3 Å². The topological polar surface area (TPSA) is 116 Å². The molecule has 1 fully saturated rings. The number of halogens is 5. The number of aliphatic hydroxyl groups excluding tert-OH is 1. The Kier molecular flexibility index (Phi) is 9.34. The predicted molar refractivity (Wildman–Crippen MR) is 173 cm³/mol. The van der Waals surface area contributed by atoms with Gasteiger partial charge in [0, 0.05) is 48.7 Å². The molecule has 278 valence electrons. The predicted octanol–water partition coefficient (Wildman–Crippen LogP) is 6.39. The number of ether oxygens (including phenoxy) is 5. The van der Waals surface area contributed by atoms with Crippen molar-refractivity contribution < 1.29 is 60.3 Å². The molecule has 3 aromatic carbocycles. The fraction of sp³-hybridized carbons (Fsp3) is 0.459. The Bertz CT molecular complexity index is 1820. The van der Waals surface area contributed by atoms with Crippen molar-refractivity contribution in [3.63, 3.8) is 0 Å². The lowest BCUT2D eigenvalue weighted by Crippen LogP contribution is -2.47. The second-order valence-corrected chi connectivity index (χ2v) is 13.8. The molecule has 2 N–H and O–H groups in total. The van der Waals surface area contributed by atoms with E-state index in [-0.39, 0.29) is 66.9 Å². The fourth-order valence-corrected chi connectivity index (χ4v) is 7.62. The number of rotatable bonds is 9. The van der Waals surface area contributed by atoms with Crippen LogP contribution in [0.3, 0.4) is 0 Å². The molecular weight excluding hydrogens is 695 g/mol. The van der Waals surface area contributed by atoms with Crippen LogP contribution < -0.4 is 29.0 Å². The summed E-state index contributed by atoms with van der Waals surface area (Å²) in [6, 6.07) is 15.0. The fourth-order valence-electron chi connectivity index (χ4n) is 7.62. The first-order valence-electron chi connectivity index (χ1n) is 17.1. The number of hydrogen-bond acceptors (Lipinski definition) is 8. The number of nitrogens with zero attached hydrogens (tertiary/aromatic N) is 1. The van der Waals surface area contributed by atoms with Gasteiger partial charge in [-0.3, -0.25) is 9.59 Å². The molecule has 0 saturated heterocycles. The average Bonchev–Trinajstić information content (AvgIpc) is 3.60. The number of alkyl halides is 5. The summed E-state index contributed by atoms with van der Waals surface area (Å²) in [5.41, 5.74) is 0.366. The van der Waals surface area contributed by atoms with Gasteiger partial charge in [0.15, 0.2) is 11.5 Å². The number of carbonyl (C=O) groups is 2. The van der Waals surface area contributed by atoms with Gasteiger partial charge in [-0.1, -0.05) is 30.3 Å². The second-order valence-electron chi connectivity index (χ2n) is 13.8. The lowest BCUT2D eigenvalue weighted by Gasteiger charge is -2.40. The second kappa shape index (κ2) is 13.6. The Hall–Kier alpha value is -4.79. The number of benzene rings is 3. The highest BCUT2D eigenvalue weighted by Crippen LogP contribution is 2.50. The van der Waals surface area contributed by atoms with Crippen LogP contribution in [0.1, 0.15) is 61.8 Å². The maximum atomic E-state index is 14.1. The Morgan fingerprint density at radius 3 is 2.37 bits per heavy atom. The molecule has 3 aliphatic heterocycles. The van der Waals surface area contributed by atoms with Crippen LogP contribution in [0, 0.1) is 11.8 Å². The molecule has 3 atom stereocenters. The number of nitrogens with one attached hydrogen (secondary N) is 1. The molecule has 10 nitrogen and oxygen atoms in total. The highest BCUT2D eigenvalue weighted by molar-refractivity contribution is 5.90. The van der Waals surface area contributed by atoms with Crippen LogP contribution in [0.15, 0.2) is 60.7 Å². The van der Waals surface area contributed by atoms with Crippen molar-refractivity contribution in [2.24, 2.45) is 11.8 Å². The zero-order valence-corrected chi connectivity index (χ0v) is 28.1. The number of amides is 2.